The highest BCUT2D eigenvalue weighted by Gasteiger charge is 2.18. The summed E-state index contributed by atoms with van der Waals surface area (Å²) in [5.74, 6) is -2.07. The molecular weight excluding hydrogens is 386 g/mol. The lowest BCUT2D eigenvalue weighted by Gasteiger charge is -2.16. The molecule has 0 aliphatic rings. The Kier molecular flexibility index (Phi) is 10.2. The highest BCUT2D eigenvalue weighted by Crippen LogP contribution is 2.28. The van der Waals surface area contributed by atoms with Crippen molar-refractivity contribution in [2.45, 2.75) is 19.4 Å². The van der Waals surface area contributed by atoms with E-state index in [1.165, 1.54) is 18.2 Å². The molecule has 0 spiro atoms. The van der Waals surface area contributed by atoms with Crippen LogP contribution in [0, 0.1) is 0 Å². The van der Waals surface area contributed by atoms with Gasteiger partial charge in [-0.2, -0.15) is 0 Å². The number of hydrogen-bond acceptors (Lipinski definition) is 10. The molecule has 10 heteroatoms. The topological polar surface area (TPSA) is 141 Å². The number of aliphatic hydroxyl groups excluding tert-OH is 2. The number of esters is 3. The number of carbonyl (C=O) groups excluding carboxylic acids is 3. The number of aliphatic hydroxyl groups is 2. The first-order chi connectivity index (χ1) is 13.9. The second kappa shape index (κ2) is 12.4. The predicted octanol–water partition coefficient (Wildman–Crippen LogP) is 0.627. The van der Waals surface area contributed by atoms with Crippen molar-refractivity contribution >= 4 is 23.6 Å². The van der Waals surface area contributed by atoms with Crippen molar-refractivity contribution in [3.63, 3.8) is 0 Å². The lowest BCUT2D eigenvalue weighted by molar-refractivity contribution is -0.138. The van der Waals surface area contributed by atoms with Crippen molar-refractivity contribution in [1.29, 1.82) is 0 Å². The Morgan fingerprint density at radius 1 is 1.21 bits per heavy atom. The van der Waals surface area contributed by atoms with Crippen LogP contribution in [0.5, 0.6) is 5.75 Å². The molecule has 1 atom stereocenters. The minimum atomic E-state index is -1.20. The van der Waals surface area contributed by atoms with Crippen LogP contribution in [0.4, 0.5) is 5.69 Å². The van der Waals surface area contributed by atoms with Crippen LogP contribution in [0.15, 0.2) is 30.0 Å². The van der Waals surface area contributed by atoms with Crippen LogP contribution in [0.3, 0.4) is 0 Å². The Labute approximate surface area is 168 Å². The van der Waals surface area contributed by atoms with E-state index in [1.54, 1.807) is 0 Å². The fourth-order valence-electron chi connectivity index (χ4n) is 1.98. The van der Waals surface area contributed by atoms with E-state index in [4.69, 9.17) is 14.6 Å². The molecule has 0 radical (unpaired) electrons. The van der Waals surface area contributed by atoms with Crippen molar-refractivity contribution < 1.29 is 43.5 Å². The SMILES string of the molecule is CCCOc1ccc(C(=O)OCC(O)CO)cc1N/C(=C/C(=O)OC)C(=O)OC. The van der Waals surface area contributed by atoms with E-state index in [0.717, 1.165) is 20.3 Å². The molecule has 160 valence electrons. The number of anilines is 1. The maximum absolute atomic E-state index is 12.2. The maximum Gasteiger partial charge on any atom is 0.354 e. The first-order valence-electron chi connectivity index (χ1n) is 8.74. The summed E-state index contributed by atoms with van der Waals surface area (Å²) < 4.78 is 19.7. The molecule has 0 saturated carbocycles. The van der Waals surface area contributed by atoms with Crippen molar-refractivity contribution in [2.75, 3.05) is 39.4 Å². The third-order valence-corrected chi connectivity index (χ3v) is 3.43. The zero-order chi connectivity index (χ0) is 21.8. The van der Waals surface area contributed by atoms with E-state index in [9.17, 15) is 19.5 Å². The van der Waals surface area contributed by atoms with Gasteiger partial charge in [0.25, 0.3) is 0 Å². The summed E-state index contributed by atoms with van der Waals surface area (Å²) in [6, 6.07) is 4.28. The Bertz CT molecular complexity index is 745. The number of nitrogens with one attached hydrogen (secondary N) is 1. The molecule has 0 fully saturated rings. The smallest absolute Gasteiger partial charge is 0.354 e. The summed E-state index contributed by atoms with van der Waals surface area (Å²) in [4.78, 5) is 35.7. The van der Waals surface area contributed by atoms with Gasteiger partial charge in [-0.15, -0.1) is 0 Å². The van der Waals surface area contributed by atoms with Gasteiger partial charge < -0.3 is 34.5 Å². The van der Waals surface area contributed by atoms with E-state index in [0.29, 0.717) is 18.8 Å². The minimum absolute atomic E-state index is 0.0868. The van der Waals surface area contributed by atoms with Crippen molar-refractivity contribution in [1.82, 2.24) is 0 Å². The number of benzene rings is 1. The molecule has 0 bridgehead atoms. The molecule has 1 aromatic carbocycles. The van der Waals surface area contributed by atoms with Crippen LogP contribution in [-0.4, -0.2) is 68.3 Å². The summed E-state index contributed by atoms with van der Waals surface area (Å²) in [7, 11) is 2.30. The predicted molar refractivity (Wildman–Crippen MR) is 101 cm³/mol. The Morgan fingerprint density at radius 2 is 1.93 bits per heavy atom. The van der Waals surface area contributed by atoms with Gasteiger partial charge in [0.15, 0.2) is 0 Å². The number of hydrogen-bond donors (Lipinski definition) is 3. The zero-order valence-electron chi connectivity index (χ0n) is 16.5. The fraction of sp³-hybridized carbons (Fsp3) is 0.421. The summed E-state index contributed by atoms with van der Waals surface area (Å²) >= 11 is 0. The summed E-state index contributed by atoms with van der Waals surface area (Å²) in [6.07, 6.45) is 0.417. The number of rotatable bonds is 11. The quantitative estimate of drug-likeness (QED) is 0.270. The number of methoxy groups -OCH3 is 2. The van der Waals surface area contributed by atoms with Crippen molar-refractivity contribution in [3.8, 4) is 5.75 Å². The second-order valence-corrected chi connectivity index (χ2v) is 5.69. The van der Waals surface area contributed by atoms with E-state index < -0.39 is 30.6 Å². The van der Waals surface area contributed by atoms with Gasteiger partial charge in [-0.1, -0.05) is 6.92 Å². The standard InChI is InChI=1S/C19H25NO9/c1-4-7-28-16-6-5-12(18(24)29-11-13(22)10-21)8-14(16)20-15(19(25)27-3)9-17(23)26-2/h5-6,8-9,13,20-22H,4,7,10-11H2,1-3H3/b15-9+. The van der Waals surface area contributed by atoms with Gasteiger partial charge in [0.1, 0.15) is 24.2 Å². The first kappa shape index (κ1) is 23.9. The van der Waals surface area contributed by atoms with Crippen LogP contribution in [0.25, 0.3) is 0 Å². The van der Waals surface area contributed by atoms with Gasteiger partial charge in [-0.3, -0.25) is 0 Å². The van der Waals surface area contributed by atoms with Crippen LogP contribution in [0.1, 0.15) is 23.7 Å². The molecule has 0 aliphatic carbocycles. The van der Waals surface area contributed by atoms with Crippen LogP contribution < -0.4 is 10.1 Å². The lowest BCUT2D eigenvalue weighted by atomic mass is 10.1. The molecule has 0 amide bonds. The van der Waals surface area contributed by atoms with Crippen molar-refractivity contribution in [3.05, 3.63) is 35.5 Å². The second-order valence-electron chi connectivity index (χ2n) is 5.69. The Balaban J connectivity index is 3.21. The molecule has 0 saturated heterocycles. The van der Waals surface area contributed by atoms with Gasteiger partial charge >= 0.3 is 17.9 Å². The van der Waals surface area contributed by atoms with E-state index in [-0.39, 0.29) is 23.6 Å². The van der Waals surface area contributed by atoms with Gasteiger partial charge in [0.2, 0.25) is 0 Å². The van der Waals surface area contributed by atoms with E-state index >= 15 is 0 Å². The monoisotopic (exact) mass is 411 g/mol. The summed E-state index contributed by atoms with van der Waals surface area (Å²) in [6.45, 7) is 1.34. The summed E-state index contributed by atoms with van der Waals surface area (Å²) in [5.41, 5.74) is 0.0573. The molecule has 0 aromatic heterocycles. The largest absolute Gasteiger partial charge is 0.491 e. The van der Waals surface area contributed by atoms with E-state index in [2.05, 4.69) is 14.8 Å². The molecule has 29 heavy (non-hydrogen) atoms. The average Bonchev–Trinajstić information content (AvgIpc) is 2.74. The van der Waals surface area contributed by atoms with Crippen molar-refractivity contribution in [2.24, 2.45) is 0 Å². The Hall–Kier alpha value is -3.11. The Morgan fingerprint density at radius 3 is 2.52 bits per heavy atom. The molecule has 3 N–H and O–H groups in total. The van der Waals surface area contributed by atoms with E-state index in [1.807, 2.05) is 6.92 Å². The molecule has 0 heterocycles. The molecule has 10 nitrogen and oxygen atoms in total. The molecule has 1 aromatic rings. The molecule has 0 aliphatic heterocycles. The van der Waals surface area contributed by atoms with Gasteiger partial charge in [0, 0.05) is 0 Å². The molecule has 1 unspecified atom stereocenters. The third kappa shape index (κ3) is 7.80. The average molecular weight is 411 g/mol. The van der Waals surface area contributed by atoms with Crippen LogP contribution in [0.2, 0.25) is 0 Å². The van der Waals surface area contributed by atoms with Gasteiger partial charge in [0.05, 0.1) is 44.8 Å². The normalized spacial score (nSPS) is 12.0. The molecule has 1 rings (SSSR count). The highest BCUT2D eigenvalue weighted by atomic mass is 16.5. The van der Waals surface area contributed by atoms with Gasteiger partial charge in [-0.05, 0) is 24.6 Å². The fourth-order valence-corrected chi connectivity index (χ4v) is 1.98. The highest BCUT2D eigenvalue weighted by molar-refractivity contribution is 5.99. The van der Waals surface area contributed by atoms with Gasteiger partial charge in [-0.25, -0.2) is 14.4 Å². The first-order valence-corrected chi connectivity index (χ1v) is 8.74. The third-order valence-electron chi connectivity index (χ3n) is 3.43. The summed E-state index contributed by atoms with van der Waals surface area (Å²) in [5, 5.41) is 20.8. The van der Waals surface area contributed by atoms with Crippen LogP contribution >= 0.6 is 0 Å². The minimum Gasteiger partial charge on any atom is -0.491 e. The van der Waals surface area contributed by atoms with Crippen LogP contribution in [-0.2, 0) is 23.8 Å². The lowest BCUT2D eigenvalue weighted by Crippen LogP contribution is -2.22. The number of carbonyl (C=O) groups is 3. The maximum atomic E-state index is 12.2. The number of ether oxygens (including phenoxy) is 4. The zero-order valence-corrected chi connectivity index (χ0v) is 16.5. The molecular formula is C19H25NO9.